The van der Waals surface area contributed by atoms with Gasteiger partial charge in [-0.1, -0.05) is 52.6 Å². The summed E-state index contributed by atoms with van der Waals surface area (Å²) in [7, 11) is 0. The quantitative estimate of drug-likeness (QED) is 0.527. The number of thioether (sulfide) groups is 1. The van der Waals surface area contributed by atoms with Gasteiger partial charge in [-0.3, -0.25) is 4.79 Å². The lowest BCUT2D eigenvalue weighted by molar-refractivity contribution is -0.137. The van der Waals surface area contributed by atoms with Crippen molar-refractivity contribution in [2.75, 3.05) is 0 Å². The van der Waals surface area contributed by atoms with E-state index in [0.29, 0.717) is 21.8 Å². The van der Waals surface area contributed by atoms with Crippen LogP contribution < -0.4 is 5.32 Å². The van der Waals surface area contributed by atoms with Gasteiger partial charge in [0.25, 0.3) is 0 Å². The van der Waals surface area contributed by atoms with Crippen molar-refractivity contribution in [2.24, 2.45) is 0 Å². The van der Waals surface area contributed by atoms with Gasteiger partial charge in [0.15, 0.2) is 0 Å². The normalized spacial score (nSPS) is 13.9. The summed E-state index contributed by atoms with van der Waals surface area (Å²) in [4.78, 5) is 16.1. The summed E-state index contributed by atoms with van der Waals surface area (Å²) in [5.74, 6) is -0.337. The second-order valence-electron chi connectivity index (χ2n) is 5.66. The highest BCUT2D eigenvalue weighted by Gasteiger charge is 2.32. The number of rotatable bonds is 5. The van der Waals surface area contributed by atoms with Crippen LogP contribution >= 0.6 is 46.6 Å². The van der Waals surface area contributed by atoms with E-state index < -0.39 is 17.0 Å². The van der Waals surface area contributed by atoms with Gasteiger partial charge >= 0.3 is 6.18 Å². The molecule has 3 nitrogen and oxygen atoms in total. The van der Waals surface area contributed by atoms with Crippen LogP contribution in [0.2, 0.25) is 15.1 Å². The Bertz CT molecular complexity index is 849. The first-order valence-corrected chi connectivity index (χ1v) is 9.65. The maximum absolute atomic E-state index is 12.7. The standard InChI is InChI=1S/C17H14Cl3F3N2OS/c1-8(12-4-3-11(18)6-13(12)19)25-15(26)9(2)27-16-14(20)5-10(7-24-16)17(21,22)23/h3-9H,1-2H3,(H,25,26)/t8-,9-/m1/s1. The van der Waals surface area contributed by atoms with E-state index in [-0.39, 0.29) is 22.0 Å². The lowest BCUT2D eigenvalue weighted by atomic mass is 10.1. The van der Waals surface area contributed by atoms with Crippen LogP contribution in [0.25, 0.3) is 0 Å². The fourth-order valence-electron chi connectivity index (χ4n) is 2.15. The first-order valence-electron chi connectivity index (χ1n) is 7.63. The van der Waals surface area contributed by atoms with Crippen LogP contribution in [0.1, 0.15) is 31.0 Å². The summed E-state index contributed by atoms with van der Waals surface area (Å²) in [5, 5.41) is 3.03. The number of hydrogen-bond donors (Lipinski definition) is 1. The molecule has 1 aromatic carbocycles. The number of benzene rings is 1. The minimum Gasteiger partial charge on any atom is -0.349 e. The third-order valence-corrected chi connectivity index (χ3v) is 5.66. The minimum atomic E-state index is -4.53. The molecule has 0 aliphatic carbocycles. The summed E-state index contributed by atoms with van der Waals surface area (Å²) in [6, 6.07) is 5.35. The molecule has 2 atom stereocenters. The van der Waals surface area contributed by atoms with Gasteiger partial charge in [0.1, 0.15) is 5.03 Å². The first kappa shape index (κ1) is 22.1. The van der Waals surface area contributed by atoms with Crippen molar-refractivity contribution in [3.8, 4) is 0 Å². The lowest BCUT2D eigenvalue weighted by Crippen LogP contribution is -2.33. The number of carbonyl (C=O) groups excluding carboxylic acids is 1. The van der Waals surface area contributed by atoms with Crippen molar-refractivity contribution >= 4 is 52.5 Å². The molecule has 0 saturated carbocycles. The van der Waals surface area contributed by atoms with Gasteiger partial charge in [-0.2, -0.15) is 13.2 Å². The molecular formula is C17H14Cl3F3N2OS. The topological polar surface area (TPSA) is 42.0 Å². The highest BCUT2D eigenvalue weighted by atomic mass is 35.5. The van der Waals surface area contributed by atoms with Gasteiger partial charge in [0.2, 0.25) is 5.91 Å². The van der Waals surface area contributed by atoms with Gasteiger partial charge in [-0.15, -0.1) is 0 Å². The number of nitrogens with one attached hydrogen (secondary N) is 1. The molecule has 146 valence electrons. The van der Waals surface area contributed by atoms with Crippen molar-refractivity contribution in [3.63, 3.8) is 0 Å². The van der Waals surface area contributed by atoms with E-state index in [2.05, 4.69) is 10.3 Å². The Morgan fingerprint density at radius 1 is 1.15 bits per heavy atom. The Morgan fingerprint density at radius 3 is 2.37 bits per heavy atom. The van der Waals surface area contributed by atoms with Crippen molar-refractivity contribution in [1.82, 2.24) is 10.3 Å². The van der Waals surface area contributed by atoms with Crippen molar-refractivity contribution < 1.29 is 18.0 Å². The van der Waals surface area contributed by atoms with Crippen molar-refractivity contribution in [2.45, 2.75) is 36.3 Å². The average molecular weight is 458 g/mol. The number of carbonyl (C=O) groups is 1. The molecular weight excluding hydrogens is 444 g/mol. The van der Waals surface area contributed by atoms with Crippen LogP contribution in [0.4, 0.5) is 13.2 Å². The van der Waals surface area contributed by atoms with Gasteiger partial charge in [0.05, 0.1) is 21.9 Å². The Hall–Kier alpha value is -1.15. The number of amides is 1. The van der Waals surface area contributed by atoms with Crippen LogP contribution in [0, 0.1) is 0 Å². The Labute approximate surface area is 173 Å². The Morgan fingerprint density at radius 2 is 1.81 bits per heavy atom. The van der Waals surface area contributed by atoms with E-state index >= 15 is 0 Å². The number of alkyl halides is 3. The van der Waals surface area contributed by atoms with Crippen LogP contribution in [0.5, 0.6) is 0 Å². The summed E-state index contributed by atoms with van der Waals surface area (Å²) in [6.45, 7) is 3.36. The van der Waals surface area contributed by atoms with Crippen LogP contribution in [-0.4, -0.2) is 16.1 Å². The highest BCUT2D eigenvalue weighted by Crippen LogP contribution is 2.35. The predicted octanol–water partition coefficient (Wildman–Crippen LogP) is 6.42. The number of nitrogens with zero attached hydrogens (tertiary/aromatic N) is 1. The van der Waals surface area contributed by atoms with E-state index in [0.717, 1.165) is 17.8 Å². The molecule has 2 aromatic rings. The smallest absolute Gasteiger partial charge is 0.349 e. The highest BCUT2D eigenvalue weighted by molar-refractivity contribution is 8.00. The summed E-state index contributed by atoms with van der Waals surface area (Å²) >= 11 is 18.8. The Balaban J connectivity index is 2.05. The zero-order valence-electron chi connectivity index (χ0n) is 14.1. The second-order valence-corrected chi connectivity index (χ2v) is 8.25. The molecule has 1 heterocycles. The van der Waals surface area contributed by atoms with E-state index in [9.17, 15) is 18.0 Å². The third kappa shape index (κ3) is 5.91. The van der Waals surface area contributed by atoms with Crippen LogP contribution in [0.15, 0.2) is 35.5 Å². The van der Waals surface area contributed by atoms with E-state index in [1.165, 1.54) is 0 Å². The summed E-state index contributed by atoms with van der Waals surface area (Å²) in [5.41, 5.74) is -0.253. The fourth-order valence-corrected chi connectivity index (χ4v) is 3.82. The molecule has 0 radical (unpaired) electrons. The minimum absolute atomic E-state index is 0.143. The van der Waals surface area contributed by atoms with Gasteiger partial charge in [0, 0.05) is 16.2 Å². The molecule has 2 rings (SSSR count). The first-order chi connectivity index (χ1) is 12.5. The van der Waals surface area contributed by atoms with Crippen molar-refractivity contribution in [1.29, 1.82) is 0 Å². The zero-order chi connectivity index (χ0) is 20.4. The molecule has 0 aliphatic rings. The van der Waals surface area contributed by atoms with Gasteiger partial charge in [-0.25, -0.2) is 4.98 Å². The predicted molar refractivity (Wildman–Crippen MR) is 103 cm³/mol. The molecule has 0 saturated heterocycles. The van der Waals surface area contributed by atoms with E-state index in [4.69, 9.17) is 34.8 Å². The average Bonchev–Trinajstić information content (AvgIpc) is 2.55. The number of halogens is 6. The van der Waals surface area contributed by atoms with Crippen LogP contribution in [0.3, 0.4) is 0 Å². The number of aromatic nitrogens is 1. The van der Waals surface area contributed by atoms with Gasteiger partial charge in [-0.05, 0) is 37.6 Å². The number of hydrogen-bond acceptors (Lipinski definition) is 3. The molecule has 1 aromatic heterocycles. The molecule has 0 spiro atoms. The number of pyridine rings is 1. The SMILES string of the molecule is C[C@@H](Sc1ncc(C(F)(F)F)cc1Cl)C(=O)N[C@H](C)c1ccc(Cl)cc1Cl. The van der Waals surface area contributed by atoms with E-state index in [1.807, 2.05) is 0 Å². The molecule has 1 N–H and O–H groups in total. The molecule has 27 heavy (non-hydrogen) atoms. The maximum atomic E-state index is 12.7. The molecule has 0 aliphatic heterocycles. The van der Waals surface area contributed by atoms with Gasteiger partial charge < -0.3 is 5.32 Å². The molecule has 0 unspecified atom stereocenters. The molecule has 0 bridgehead atoms. The fraction of sp³-hybridized carbons (Fsp3) is 0.294. The lowest BCUT2D eigenvalue weighted by Gasteiger charge is -2.19. The molecule has 10 heteroatoms. The maximum Gasteiger partial charge on any atom is 0.417 e. The zero-order valence-corrected chi connectivity index (χ0v) is 17.2. The Kier molecular flexibility index (Phi) is 7.30. The van der Waals surface area contributed by atoms with Crippen molar-refractivity contribution in [3.05, 3.63) is 56.7 Å². The third-order valence-electron chi connectivity index (χ3n) is 3.58. The second kappa shape index (κ2) is 8.90. The summed E-state index contributed by atoms with van der Waals surface area (Å²) < 4.78 is 38.0. The molecule has 0 fully saturated rings. The largest absolute Gasteiger partial charge is 0.417 e. The molecule has 1 amide bonds. The van der Waals surface area contributed by atoms with E-state index in [1.54, 1.807) is 32.0 Å². The van der Waals surface area contributed by atoms with Crippen LogP contribution in [-0.2, 0) is 11.0 Å². The summed E-state index contributed by atoms with van der Waals surface area (Å²) in [6.07, 6.45) is -3.84. The monoisotopic (exact) mass is 456 g/mol.